The smallest absolute Gasteiger partial charge is 0.258 e. The minimum absolute atomic E-state index is 0. The summed E-state index contributed by atoms with van der Waals surface area (Å²) in [7, 11) is 1.78. The lowest BCUT2D eigenvalue weighted by Gasteiger charge is -2.09. The van der Waals surface area contributed by atoms with Crippen LogP contribution in [0.2, 0.25) is 0 Å². The number of halogens is 1. The molecule has 0 atom stereocenters. The van der Waals surface area contributed by atoms with E-state index in [-0.39, 0.29) is 18.3 Å². The average molecular weight is 309 g/mol. The quantitative estimate of drug-likeness (QED) is 0.884. The SMILES string of the molecule is Cl.Cn1cc(C(=O)Nc2ccc3c(c2)CNCCO3)cn1. The van der Waals surface area contributed by atoms with Gasteiger partial charge in [0.2, 0.25) is 0 Å². The molecule has 2 aromatic rings. The molecule has 2 N–H and O–H groups in total. The van der Waals surface area contributed by atoms with Gasteiger partial charge in [-0.3, -0.25) is 9.48 Å². The molecule has 1 aliphatic rings. The number of anilines is 1. The second kappa shape index (κ2) is 6.60. The van der Waals surface area contributed by atoms with Crippen molar-refractivity contribution in [3.8, 4) is 5.75 Å². The van der Waals surface area contributed by atoms with Crippen molar-refractivity contribution < 1.29 is 9.53 Å². The van der Waals surface area contributed by atoms with E-state index in [2.05, 4.69) is 15.7 Å². The molecule has 3 rings (SSSR count). The van der Waals surface area contributed by atoms with Crippen LogP contribution in [0.15, 0.2) is 30.6 Å². The van der Waals surface area contributed by atoms with Crippen molar-refractivity contribution >= 4 is 24.0 Å². The number of fused-ring (bicyclic) bond motifs is 1. The van der Waals surface area contributed by atoms with Crippen molar-refractivity contribution in [1.82, 2.24) is 15.1 Å². The first kappa shape index (κ1) is 15.3. The summed E-state index contributed by atoms with van der Waals surface area (Å²) in [5, 5.41) is 10.1. The lowest BCUT2D eigenvalue weighted by molar-refractivity contribution is 0.102. The van der Waals surface area contributed by atoms with Crippen molar-refractivity contribution in [1.29, 1.82) is 0 Å². The van der Waals surface area contributed by atoms with Crippen LogP contribution in [0.1, 0.15) is 15.9 Å². The predicted molar refractivity (Wildman–Crippen MR) is 82.1 cm³/mol. The van der Waals surface area contributed by atoms with Crippen LogP contribution >= 0.6 is 12.4 Å². The number of carbonyl (C=O) groups is 1. The van der Waals surface area contributed by atoms with Crippen LogP contribution < -0.4 is 15.4 Å². The Labute approximate surface area is 128 Å². The highest BCUT2D eigenvalue weighted by Gasteiger charge is 2.12. The van der Waals surface area contributed by atoms with Crippen LogP contribution in [0.5, 0.6) is 5.75 Å². The van der Waals surface area contributed by atoms with Crippen LogP contribution in [0.4, 0.5) is 5.69 Å². The number of aromatic nitrogens is 2. The Morgan fingerprint density at radius 1 is 1.48 bits per heavy atom. The van der Waals surface area contributed by atoms with Crippen molar-refractivity contribution in [3.05, 3.63) is 41.7 Å². The Kier molecular flexibility index (Phi) is 4.82. The minimum Gasteiger partial charge on any atom is -0.492 e. The number of amides is 1. The molecule has 7 heteroatoms. The lowest BCUT2D eigenvalue weighted by atomic mass is 10.1. The highest BCUT2D eigenvalue weighted by Crippen LogP contribution is 2.24. The number of aryl methyl sites for hydroxylation is 1. The first-order chi connectivity index (χ1) is 9.72. The van der Waals surface area contributed by atoms with Gasteiger partial charge in [0.1, 0.15) is 12.4 Å². The van der Waals surface area contributed by atoms with E-state index in [9.17, 15) is 4.79 Å². The van der Waals surface area contributed by atoms with Crippen molar-refractivity contribution in [2.45, 2.75) is 6.54 Å². The van der Waals surface area contributed by atoms with Crippen LogP contribution in [-0.2, 0) is 13.6 Å². The maximum absolute atomic E-state index is 12.1. The number of nitrogens with one attached hydrogen (secondary N) is 2. The monoisotopic (exact) mass is 308 g/mol. The van der Waals surface area contributed by atoms with Crippen LogP contribution in [0.25, 0.3) is 0 Å². The van der Waals surface area contributed by atoms with E-state index in [1.165, 1.54) is 0 Å². The predicted octanol–water partition coefficient (Wildman–Crippen LogP) is 1.58. The molecule has 0 saturated carbocycles. The summed E-state index contributed by atoms with van der Waals surface area (Å²) in [5.74, 6) is 0.704. The molecule has 2 heterocycles. The Morgan fingerprint density at radius 3 is 3.10 bits per heavy atom. The molecule has 0 unspecified atom stereocenters. The van der Waals surface area contributed by atoms with E-state index < -0.39 is 0 Å². The molecule has 1 aromatic carbocycles. The van der Waals surface area contributed by atoms with Crippen molar-refractivity contribution in [2.75, 3.05) is 18.5 Å². The number of nitrogens with zero attached hydrogens (tertiary/aromatic N) is 2. The van der Waals surface area contributed by atoms with Gasteiger partial charge in [0, 0.05) is 37.6 Å². The molecule has 6 nitrogen and oxygen atoms in total. The van der Waals surface area contributed by atoms with Crippen LogP contribution in [-0.4, -0.2) is 28.8 Å². The van der Waals surface area contributed by atoms with Gasteiger partial charge in [-0.05, 0) is 18.2 Å². The molecular weight excluding hydrogens is 292 g/mol. The maximum Gasteiger partial charge on any atom is 0.258 e. The van der Waals surface area contributed by atoms with E-state index in [0.717, 1.165) is 30.1 Å². The molecule has 0 saturated heterocycles. The summed E-state index contributed by atoms with van der Waals surface area (Å²) >= 11 is 0. The third kappa shape index (κ3) is 3.53. The second-order valence-electron chi connectivity index (χ2n) is 4.70. The zero-order valence-electron chi connectivity index (χ0n) is 11.6. The third-order valence-corrected chi connectivity index (χ3v) is 3.14. The summed E-state index contributed by atoms with van der Waals surface area (Å²) in [4.78, 5) is 12.1. The Hall–Kier alpha value is -2.05. The molecule has 0 radical (unpaired) electrons. The lowest BCUT2D eigenvalue weighted by Crippen LogP contribution is -2.16. The normalized spacial score (nSPS) is 13.4. The molecule has 0 fully saturated rings. The average Bonchev–Trinajstić information content (AvgIpc) is 2.74. The standard InChI is InChI=1S/C14H16N4O2.ClH/c1-18-9-11(8-16-18)14(19)17-12-2-3-13-10(6-12)7-15-4-5-20-13;/h2-3,6,8-9,15H,4-5,7H2,1H3,(H,17,19);1H. The van der Waals surface area contributed by atoms with Gasteiger partial charge in [-0.25, -0.2) is 0 Å². The van der Waals surface area contributed by atoms with Gasteiger partial charge in [-0.2, -0.15) is 5.10 Å². The number of ether oxygens (including phenoxy) is 1. The number of carbonyl (C=O) groups excluding carboxylic acids is 1. The van der Waals surface area contributed by atoms with Gasteiger partial charge in [0.15, 0.2) is 0 Å². The third-order valence-electron chi connectivity index (χ3n) is 3.14. The first-order valence-electron chi connectivity index (χ1n) is 6.49. The van der Waals surface area contributed by atoms with Gasteiger partial charge in [0.05, 0.1) is 11.8 Å². The summed E-state index contributed by atoms with van der Waals surface area (Å²) < 4.78 is 7.21. The van der Waals surface area contributed by atoms with E-state index in [1.807, 2.05) is 18.2 Å². The van der Waals surface area contributed by atoms with Crippen LogP contribution in [0, 0.1) is 0 Å². The van der Waals surface area contributed by atoms with E-state index in [4.69, 9.17) is 4.74 Å². The molecular formula is C14H17ClN4O2. The molecule has 112 valence electrons. The van der Waals surface area contributed by atoms with Gasteiger partial charge < -0.3 is 15.4 Å². The van der Waals surface area contributed by atoms with Crippen LogP contribution in [0.3, 0.4) is 0 Å². The van der Waals surface area contributed by atoms with E-state index >= 15 is 0 Å². The molecule has 0 bridgehead atoms. The Balaban J connectivity index is 0.00000161. The fraction of sp³-hybridized carbons (Fsp3) is 0.286. The van der Waals surface area contributed by atoms with Crippen molar-refractivity contribution in [3.63, 3.8) is 0 Å². The first-order valence-corrected chi connectivity index (χ1v) is 6.49. The zero-order chi connectivity index (χ0) is 13.9. The maximum atomic E-state index is 12.1. The highest BCUT2D eigenvalue weighted by atomic mass is 35.5. The topological polar surface area (TPSA) is 68.2 Å². The fourth-order valence-electron chi connectivity index (χ4n) is 2.13. The summed E-state index contributed by atoms with van der Waals surface area (Å²) in [6, 6.07) is 5.67. The minimum atomic E-state index is -0.166. The van der Waals surface area contributed by atoms with Gasteiger partial charge in [0.25, 0.3) is 5.91 Å². The van der Waals surface area contributed by atoms with E-state index in [1.54, 1.807) is 24.1 Å². The van der Waals surface area contributed by atoms with Crippen molar-refractivity contribution in [2.24, 2.45) is 7.05 Å². The number of rotatable bonds is 2. The number of hydrogen-bond acceptors (Lipinski definition) is 4. The summed E-state index contributed by atoms with van der Waals surface area (Å²) in [5.41, 5.74) is 2.34. The second-order valence-corrected chi connectivity index (χ2v) is 4.70. The fourth-order valence-corrected chi connectivity index (χ4v) is 2.13. The van der Waals surface area contributed by atoms with Gasteiger partial charge >= 0.3 is 0 Å². The number of hydrogen-bond donors (Lipinski definition) is 2. The Morgan fingerprint density at radius 2 is 2.33 bits per heavy atom. The molecule has 1 aromatic heterocycles. The zero-order valence-corrected chi connectivity index (χ0v) is 12.4. The molecule has 1 aliphatic heterocycles. The molecule has 21 heavy (non-hydrogen) atoms. The summed E-state index contributed by atoms with van der Waals surface area (Å²) in [6.07, 6.45) is 3.23. The summed E-state index contributed by atoms with van der Waals surface area (Å²) in [6.45, 7) is 2.23. The van der Waals surface area contributed by atoms with Gasteiger partial charge in [-0.1, -0.05) is 0 Å². The molecule has 1 amide bonds. The molecule has 0 spiro atoms. The van der Waals surface area contributed by atoms with E-state index in [0.29, 0.717) is 12.2 Å². The number of benzene rings is 1. The van der Waals surface area contributed by atoms with Gasteiger partial charge in [-0.15, -0.1) is 12.4 Å². The Bertz CT molecular complexity index is 642. The largest absolute Gasteiger partial charge is 0.492 e. The molecule has 0 aliphatic carbocycles. The highest BCUT2D eigenvalue weighted by molar-refractivity contribution is 6.04.